The van der Waals surface area contributed by atoms with E-state index in [-0.39, 0.29) is 0 Å². The molecule has 0 atom stereocenters. The molecule has 0 bridgehead atoms. The average Bonchev–Trinajstić information content (AvgIpc) is 3.16. The van der Waals surface area contributed by atoms with E-state index in [4.69, 9.17) is 4.42 Å². The molecule has 0 aliphatic carbocycles. The SMILES string of the molecule is Cc1cc(-c2ncco2)ccc1NCc1ccc(NS(=O)(=O)C(C)(C)C)c(C)c1. The smallest absolute Gasteiger partial charge is 0.237 e. The maximum absolute atomic E-state index is 12.4. The number of hydrogen-bond acceptors (Lipinski definition) is 5. The molecule has 0 aliphatic rings. The van der Waals surface area contributed by atoms with Crippen LogP contribution in [0.3, 0.4) is 0 Å². The van der Waals surface area contributed by atoms with Gasteiger partial charge >= 0.3 is 0 Å². The summed E-state index contributed by atoms with van der Waals surface area (Å²) in [7, 11) is -3.45. The lowest BCUT2D eigenvalue weighted by Gasteiger charge is -2.21. The highest BCUT2D eigenvalue weighted by molar-refractivity contribution is 7.94. The van der Waals surface area contributed by atoms with Crippen molar-refractivity contribution in [3.63, 3.8) is 0 Å². The number of oxazole rings is 1. The molecule has 0 spiro atoms. The Labute approximate surface area is 172 Å². The summed E-state index contributed by atoms with van der Waals surface area (Å²) < 4.78 is 31.9. The van der Waals surface area contributed by atoms with E-state index in [2.05, 4.69) is 15.0 Å². The Hall–Kier alpha value is -2.80. The maximum Gasteiger partial charge on any atom is 0.237 e. The molecule has 1 aromatic heterocycles. The average molecular weight is 414 g/mol. The van der Waals surface area contributed by atoms with E-state index < -0.39 is 14.8 Å². The molecule has 0 radical (unpaired) electrons. The Bertz CT molecular complexity index is 1100. The molecule has 7 heteroatoms. The highest BCUT2D eigenvalue weighted by Gasteiger charge is 2.29. The second-order valence-corrected chi connectivity index (χ2v) is 10.5. The summed E-state index contributed by atoms with van der Waals surface area (Å²) in [6.07, 6.45) is 3.19. The molecule has 3 rings (SSSR count). The van der Waals surface area contributed by atoms with Gasteiger partial charge in [-0.3, -0.25) is 4.72 Å². The number of sulfonamides is 1. The van der Waals surface area contributed by atoms with E-state index in [1.54, 1.807) is 33.2 Å². The maximum atomic E-state index is 12.4. The van der Waals surface area contributed by atoms with Gasteiger partial charge in [0, 0.05) is 17.8 Å². The Balaban J connectivity index is 1.70. The molecule has 2 N–H and O–H groups in total. The van der Waals surface area contributed by atoms with Gasteiger partial charge in [-0.15, -0.1) is 0 Å². The number of anilines is 2. The van der Waals surface area contributed by atoms with Gasteiger partial charge in [0.05, 0.1) is 16.6 Å². The topological polar surface area (TPSA) is 84.2 Å². The van der Waals surface area contributed by atoms with Gasteiger partial charge in [-0.1, -0.05) is 12.1 Å². The first kappa shape index (κ1) is 20.9. The molecule has 1 heterocycles. The van der Waals surface area contributed by atoms with E-state index >= 15 is 0 Å². The minimum Gasteiger partial charge on any atom is -0.445 e. The van der Waals surface area contributed by atoms with Crippen LogP contribution in [0.25, 0.3) is 11.5 Å². The fourth-order valence-corrected chi connectivity index (χ4v) is 3.63. The quantitative estimate of drug-likeness (QED) is 0.586. The summed E-state index contributed by atoms with van der Waals surface area (Å²) in [6, 6.07) is 11.7. The lowest BCUT2D eigenvalue weighted by molar-refractivity contribution is 0.566. The van der Waals surface area contributed by atoms with Crippen molar-refractivity contribution < 1.29 is 12.8 Å². The lowest BCUT2D eigenvalue weighted by atomic mass is 10.1. The summed E-state index contributed by atoms with van der Waals surface area (Å²) in [4.78, 5) is 4.17. The highest BCUT2D eigenvalue weighted by Crippen LogP contribution is 2.26. The van der Waals surface area contributed by atoms with Gasteiger partial charge in [-0.2, -0.15) is 0 Å². The van der Waals surface area contributed by atoms with Crippen LogP contribution in [0.4, 0.5) is 11.4 Å². The van der Waals surface area contributed by atoms with Crippen molar-refractivity contribution >= 4 is 21.4 Å². The molecule has 0 fully saturated rings. The molecule has 2 aromatic carbocycles. The molecule has 3 aromatic rings. The second kappa shape index (κ2) is 7.91. The van der Waals surface area contributed by atoms with E-state index in [1.165, 1.54) is 0 Å². The molecule has 29 heavy (non-hydrogen) atoms. The van der Waals surface area contributed by atoms with Gasteiger partial charge < -0.3 is 9.73 Å². The number of aryl methyl sites for hydroxylation is 2. The Morgan fingerprint density at radius 1 is 1.00 bits per heavy atom. The van der Waals surface area contributed by atoms with Crippen molar-refractivity contribution in [2.75, 3.05) is 10.0 Å². The van der Waals surface area contributed by atoms with E-state index in [1.807, 2.05) is 50.2 Å². The van der Waals surface area contributed by atoms with Crippen LogP contribution in [0.15, 0.2) is 53.3 Å². The summed E-state index contributed by atoms with van der Waals surface area (Å²) in [5.41, 5.74) is 5.60. The lowest BCUT2D eigenvalue weighted by Crippen LogP contribution is -2.33. The van der Waals surface area contributed by atoms with Crippen LogP contribution in [0.1, 0.15) is 37.5 Å². The van der Waals surface area contributed by atoms with Crippen LogP contribution in [-0.4, -0.2) is 18.1 Å². The normalized spacial score (nSPS) is 12.0. The molecule has 154 valence electrons. The van der Waals surface area contributed by atoms with Gasteiger partial charge in [0.2, 0.25) is 15.9 Å². The number of aromatic nitrogens is 1. The molecule has 0 saturated heterocycles. The van der Waals surface area contributed by atoms with Gasteiger partial charge in [0.25, 0.3) is 0 Å². The third kappa shape index (κ3) is 4.79. The van der Waals surface area contributed by atoms with Crippen LogP contribution >= 0.6 is 0 Å². The first-order valence-electron chi connectivity index (χ1n) is 9.43. The van der Waals surface area contributed by atoms with Gasteiger partial charge in [-0.05, 0) is 75.6 Å². The van der Waals surface area contributed by atoms with Crippen molar-refractivity contribution in [1.29, 1.82) is 0 Å². The molecular formula is C22H27N3O3S. The first-order valence-corrected chi connectivity index (χ1v) is 10.9. The van der Waals surface area contributed by atoms with Crippen molar-refractivity contribution in [2.24, 2.45) is 0 Å². The van der Waals surface area contributed by atoms with E-state index in [9.17, 15) is 8.42 Å². The third-order valence-electron chi connectivity index (χ3n) is 4.73. The number of hydrogen-bond donors (Lipinski definition) is 2. The predicted octanol–water partition coefficient (Wildman–Crippen LogP) is 5.11. The molecule has 6 nitrogen and oxygen atoms in total. The Kier molecular flexibility index (Phi) is 5.71. The second-order valence-electron chi connectivity index (χ2n) is 8.09. The zero-order valence-electron chi connectivity index (χ0n) is 17.4. The van der Waals surface area contributed by atoms with Crippen LogP contribution < -0.4 is 10.0 Å². The fraction of sp³-hybridized carbons (Fsp3) is 0.318. The number of nitrogens with one attached hydrogen (secondary N) is 2. The fourth-order valence-electron chi connectivity index (χ4n) is 2.81. The molecule has 0 aliphatic heterocycles. The predicted molar refractivity (Wildman–Crippen MR) is 117 cm³/mol. The van der Waals surface area contributed by atoms with Gasteiger partial charge in [0.1, 0.15) is 6.26 Å². The first-order chi connectivity index (χ1) is 13.6. The summed E-state index contributed by atoms with van der Waals surface area (Å²) in [5.74, 6) is 0.601. The third-order valence-corrected chi connectivity index (χ3v) is 6.83. The van der Waals surface area contributed by atoms with Crippen LogP contribution in [-0.2, 0) is 16.6 Å². The minimum atomic E-state index is -3.45. The van der Waals surface area contributed by atoms with Crippen LogP contribution in [0.2, 0.25) is 0 Å². The monoisotopic (exact) mass is 413 g/mol. The van der Waals surface area contributed by atoms with Gasteiger partial charge in [-0.25, -0.2) is 13.4 Å². The van der Waals surface area contributed by atoms with E-state index in [0.717, 1.165) is 27.9 Å². The summed E-state index contributed by atoms with van der Waals surface area (Å²) >= 11 is 0. The van der Waals surface area contributed by atoms with Crippen LogP contribution in [0.5, 0.6) is 0 Å². The minimum absolute atomic E-state index is 0.601. The Morgan fingerprint density at radius 3 is 2.28 bits per heavy atom. The molecule has 0 amide bonds. The van der Waals surface area contributed by atoms with Crippen molar-refractivity contribution in [3.8, 4) is 11.5 Å². The molecule has 0 unspecified atom stereocenters. The summed E-state index contributed by atoms with van der Waals surface area (Å²) in [5, 5.41) is 3.43. The summed E-state index contributed by atoms with van der Waals surface area (Å²) in [6.45, 7) is 9.60. The number of nitrogens with zero attached hydrogens (tertiary/aromatic N) is 1. The van der Waals surface area contributed by atoms with Crippen LogP contribution in [0, 0.1) is 13.8 Å². The Morgan fingerprint density at radius 2 is 1.69 bits per heavy atom. The largest absolute Gasteiger partial charge is 0.445 e. The molecular weight excluding hydrogens is 386 g/mol. The standard InChI is InChI=1S/C22H27N3O3S/c1-15-12-17(6-8-20(15)25-29(26,27)22(3,4)5)14-24-19-9-7-18(13-16(19)2)21-23-10-11-28-21/h6-13,24-25H,14H2,1-5H3. The van der Waals surface area contributed by atoms with Crippen molar-refractivity contribution in [1.82, 2.24) is 4.98 Å². The van der Waals surface area contributed by atoms with Gasteiger partial charge in [0.15, 0.2) is 0 Å². The van der Waals surface area contributed by atoms with Crippen molar-refractivity contribution in [2.45, 2.75) is 45.9 Å². The van der Waals surface area contributed by atoms with E-state index in [0.29, 0.717) is 18.1 Å². The highest BCUT2D eigenvalue weighted by atomic mass is 32.2. The number of rotatable bonds is 6. The molecule has 0 saturated carbocycles. The zero-order chi connectivity index (χ0) is 21.2. The van der Waals surface area contributed by atoms with Crippen molar-refractivity contribution in [3.05, 3.63) is 65.5 Å². The number of benzene rings is 2. The zero-order valence-corrected chi connectivity index (χ0v) is 18.2.